The third kappa shape index (κ3) is 3.46. The van der Waals surface area contributed by atoms with E-state index in [4.69, 9.17) is 4.74 Å². The normalized spacial score (nSPS) is 14.4. The number of benzene rings is 1. The van der Waals surface area contributed by atoms with Crippen molar-refractivity contribution in [2.75, 3.05) is 7.11 Å². The van der Waals surface area contributed by atoms with Gasteiger partial charge in [0.05, 0.1) is 24.8 Å². The van der Waals surface area contributed by atoms with E-state index in [0.717, 1.165) is 12.1 Å². The summed E-state index contributed by atoms with van der Waals surface area (Å²) in [6.07, 6.45) is -5.29. The van der Waals surface area contributed by atoms with Crippen molar-refractivity contribution in [3.8, 4) is 5.88 Å². The van der Waals surface area contributed by atoms with Crippen LogP contribution in [0.4, 0.5) is 13.2 Å². The third-order valence-corrected chi connectivity index (χ3v) is 4.33. The van der Waals surface area contributed by atoms with Crippen LogP contribution in [-0.4, -0.2) is 32.0 Å². The maximum atomic E-state index is 12.8. The van der Waals surface area contributed by atoms with Crippen molar-refractivity contribution >= 4 is 11.0 Å². The Bertz CT molecular complexity index is 965. The van der Waals surface area contributed by atoms with Crippen molar-refractivity contribution < 1.29 is 23.0 Å². The molecule has 1 N–H and O–H groups in total. The number of alkyl halides is 3. The Morgan fingerprint density at radius 2 is 1.74 bits per heavy atom. The molecule has 0 saturated carbocycles. The molecule has 3 aromatic rings. The standard InChI is InChI=1S/C18H19F3N4O2/c1-9(12-5-7-13(8-6-12)18(19,20)21)25-16-14(15(24-25)10(2)26)17(27-4)23-11(3)22-16/h5-10,26H,1-4H3. The molecule has 0 bridgehead atoms. The molecule has 2 unspecified atom stereocenters. The zero-order valence-electron chi connectivity index (χ0n) is 15.2. The van der Waals surface area contributed by atoms with Gasteiger partial charge in [-0.05, 0) is 38.5 Å². The topological polar surface area (TPSA) is 73.1 Å². The largest absolute Gasteiger partial charge is 0.480 e. The second-order valence-corrected chi connectivity index (χ2v) is 6.28. The molecule has 0 aliphatic rings. The number of nitrogens with zero attached hydrogens (tertiary/aromatic N) is 4. The maximum Gasteiger partial charge on any atom is 0.416 e. The van der Waals surface area contributed by atoms with Gasteiger partial charge in [-0.15, -0.1) is 0 Å². The highest BCUT2D eigenvalue weighted by atomic mass is 19.4. The first-order valence-electron chi connectivity index (χ1n) is 8.29. The first-order valence-corrected chi connectivity index (χ1v) is 8.29. The molecule has 9 heteroatoms. The summed E-state index contributed by atoms with van der Waals surface area (Å²) in [5.74, 6) is 0.747. The van der Waals surface area contributed by atoms with Gasteiger partial charge < -0.3 is 9.84 Å². The Balaban J connectivity index is 2.14. The SMILES string of the molecule is COc1nc(C)nc2c1c(C(C)O)nn2C(C)c1ccc(C(F)(F)F)cc1. The van der Waals surface area contributed by atoms with Crippen molar-refractivity contribution in [3.05, 3.63) is 46.9 Å². The van der Waals surface area contributed by atoms with Gasteiger partial charge in [-0.3, -0.25) is 0 Å². The first kappa shape index (κ1) is 19.1. The number of fused-ring (bicyclic) bond motifs is 1. The molecule has 144 valence electrons. The lowest BCUT2D eigenvalue weighted by Gasteiger charge is -2.15. The van der Waals surface area contributed by atoms with Crippen LogP contribution in [0.5, 0.6) is 5.88 Å². The van der Waals surface area contributed by atoms with Crippen LogP contribution in [-0.2, 0) is 6.18 Å². The van der Waals surface area contributed by atoms with Gasteiger partial charge in [0.25, 0.3) is 0 Å². The zero-order chi connectivity index (χ0) is 19.9. The van der Waals surface area contributed by atoms with Crippen LogP contribution < -0.4 is 4.74 Å². The Labute approximate surface area is 153 Å². The summed E-state index contributed by atoms with van der Waals surface area (Å²) in [7, 11) is 1.46. The summed E-state index contributed by atoms with van der Waals surface area (Å²) in [6.45, 7) is 5.06. The monoisotopic (exact) mass is 380 g/mol. The van der Waals surface area contributed by atoms with E-state index in [1.165, 1.54) is 19.2 Å². The zero-order valence-corrected chi connectivity index (χ0v) is 15.2. The van der Waals surface area contributed by atoms with E-state index in [9.17, 15) is 18.3 Å². The number of ether oxygens (including phenoxy) is 1. The maximum absolute atomic E-state index is 12.8. The molecule has 2 heterocycles. The van der Waals surface area contributed by atoms with E-state index in [1.807, 2.05) is 0 Å². The van der Waals surface area contributed by atoms with Crippen molar-refractivity contribution in [2.24, 2.45) is 0 Å². The van der Waals surface area contributed by atoms with Crippen LogP contribution >= 0.6 is 0 Å². The van der Waals surface area contributed by atoms with Crippen molar-refractivity contribution in [2.45, 2.75) is 39.1 Å². The number of hydrogen-bond donors (Lipinski definition) is 1. The Morgan fingerprint density at radius 1 is 1.11 bits per heavy atom. The van der Waals surface area contributed by atoms with Gasteiger partial charge in [0, 0.05) is 0 Å². The number of aryl methyl sites for hydroxylation is 1. The highest BCUT2D eigenvalue weighted by Gasteiger charge is 2.30. The number of rotatable bonds is 4. The number of hydrogen-bond acceptors (Lipinski definition) is 5. The van der Waals surface area contributed by atoms with Crippen molar-refractivity contribution in [1.82, 2.24) is 19.7 Å². The van der Waals surface area contributed by atoms with Crippen LogP contribution in [0.15, 0.2) is 24.3 Å². The molecule has 2 aromatic heterocycles. The number of aliphatic hydroxyl groups excluding tert-OH is 1. The third-order valence-electron chi connectivity index (χ3n) is 4.33. The van der Waals surface area contributed by atoms with Crippen LogP contribution in [0.3, 0.4) is 0 Å². The highest BCUT2D eigenvalue weighted by Crippen LogP contribution is 2.34. The molecule has 0 saturated heterocycles. The molecule has 3 rings (SSSR count). The number of methoxy groups -OCH3 is 1. The lowest BCUT2D eigenvalue weighted by molar-refractivity contribution is -0.137. The molecule has 0 fully saturated rings. The van der Waals surface area contributed by atoms with Gasteiger partial charge in [0.15, 0.2) is 5.65 Å². The summed E-state index contributed by atoms with van der Waals surface area (Å²) in [5, 5.41) is 15.0. The minimum absolute atomic E-state index is 0.291. The van der Waals surface area contributed by atoms with Crippen LogP contribution in [0.1, 0.15) is 48.6 Å². The number of aliphatic hydroxyl groups is 1. The molecule has 27 heavy (non-hydrogen) atoms. The van der Waals surface area contributed by atoms with Crippen LogP contribution in [0.25, 0.3) is 11.0 Å². The predicted octanol–water partition coefficient (Wildman–Crippen LogP) is 3.82. The second kappa shape index (κ2) is 6.80. The summed E-state index contributed by atoms with van der Waals surface area (Å²) in [4.78, 5) is 8.63. The van der Waals surface area contributed by atoms with Crippen LogP contribution in [0.2, 0.25) is 0 Å². The van der Waals surface area contributed by atoms with E-state index in [2.05, 4.69) is 15.1 Å². The molecule has 6 nitrogen and oxygen atoms in total. The van der Waals surface area contributed by atoms with Gasteiger partial charge in [-0.25, -0.2) is 9.67 Å². The number of halogens is 3. The van der Waals surface area contributed by atoms with Crippen molar-refractivity contribution in [3.63, 3.8) is 0 Å². The van der Waals surface area contributed by atoms with E-state index < -0.39 is 23.9 Å². The minimum Gasteiger partial charge on any atom is -0.480 e. The van der Waals surface area contributed by atoms with E-state index in [0.29, 0.717) is 34.0 Å². The Kier molecular flexibility index (Phi) is 4.81. The molecule has 0 aliphatic carbocycles. The predicted molar refractivity (Wildman–Crippen MR) is 92.5 cm³/mol. The van der Waals surface area contributed by atoms with Gasteiger partial charge in [0.2, 0.25) is 5.88 Å². The fraction of sp³-hybridized carbons (Fsp3) is 0.389. The molecule has 2 atom stereocenters. The average molecular weight is 380 g/mol. The fourth-order valence-corrected chi connectivity index (χ4v) is 2.94. The van der Waals surface area contributed by atoms with Gasteiger partial charge >= 0.3 is 6.18 Å². The average Bonchev–Trinajstić information content (AvgIpc) is 2.99. The quantitative estimate of drug-likeness (QED) is 0.745. The lowest BCUT2D eigenvalue weighted by atomic mass is 10.1. The summed E-state index contributed by atoms with van der Waals surface area (Å²) in [5.41, 5.74) is 0.705. The van der Waals surface area contributed by atoms with Gasteiger partial charge in [0.1, 0.15) is 16.9 Å². The van der Waals surface area contributed by atoms with Crippen LogP contribution in [0, 0.1) is 6.92 Å². The molecule has 0 spiro atoms. The Morgan fingerprint density at radius 3 is 2.26 bits per heavy atom. The summed E-state index contributed by atoms with van der Waals surface area (Å²) < 4.78 is 45.3. The first-order chi connectivity index (χ1) is 12.6. The summed E-state index contributed by atoms with van der Waals surface area (Å²) >= 11 is 0. The van der Waals surface area contributed by atoms with Gasteiger partial charge in [-0.1, -0.05) is 12.1 Å². The molecule has 1 aromatic carbocycles. The molecule has 0 radical (unpaired) electrons. The smallest absolute Gasteiger partial charge is 0.416 e. The van der Waals surface area contributed by atoms with E-state index in [1.54, 1.807) is 25.5 Å². The highest BCUT2D eigenvalue weighted by molar-refractivity contribution is 5.84. The molecular weight excluding hydrogens is 361 g/mol. The Hall–Kier alpha value is -2.68. The summed E-state index contributed by atoms with van der Waals surface area (Å²) in [6, 6.07) is 4.48. The second-order valence-electron chi connectivity index (χ2n) is 6.28. The molecule has 0 amide bonds. The van der Waals surface area contributed by atoms with E-state index in [-0.39, 0.29) is 0 Å². The number of aromatic nitrogens is 4. The lowest BCUT2D eigenvalue weighted by Crippen LogP contribution is -2.11. The van der Waals surface area contributed by atoms with Crippen molar-refractivity contribution in [1.29, 1.82) is 0 Å². The molecule has 0 aliphatic heterocycles. The van der Waals surface area contributed by atoms with Gasteiger partial charge in [-0.2, -0.15) is 23.3 Å². The fourth-order valence-electron chi connectivity index (χ4n) is 2.94. The molecular formula is C18H19F3N4O2. The minimum atomic E-state index is -4.39. The van der Waals surface area contributed by atoms with E-state index >= 15 is 0 Å².